The van der Waals surface area contributed by atoms with E-state index in [1.54, 1.807) is 6.07 Å². The number of nitrogens with zero attached hydrogens (tertiary/aromatic N) is 3. The van der Waals surface area contributed by atoms with Gasteiger partial charge in [0.2, 0.25) is 11.0 Å². The van der Waals surface area contributed by atoms with Gasteiger partial charge in [-0.3, -0.25) is 0 Å². The Morgan fingerprint density at radius 3 is 2.78 bits per heavy atom. The number of phenolic OH excluding ortho intramolecular Hbond substituents is 2. The van der Waals surface area contributed by atoms with Crippen molar-refractivity contribution in [2.75, 3.05) is 11.1 Å². The molecule has 0 saturated heterocycles. The first-order valence-corrected chi connectivity index (χ1v) is 9.56. The van der Waals surface area contributed by atoms with Gasteiger partial charge in [-0.05, 0) is 30.7 Å². The van der Waals surface area contributed by atoms with Crippen molar-refractivity contribution in [2.45, 2.75) is 24.7 Å². The Balaban J connectivity index is 1.79. The molecule has 1 aromatic heterocycles. The first-order chi connectivity index (χ1) is 13.2. The molecule has 3 N–H and O–H groups in total. The number of phenols is 2. The molecule has 138 valence electrons. The van der Waals surface area contributed by atoms with Gasteiger partial charge in [0.15, 0.2) is 23.4 Å². The van der Waals surface area contributed by atoms with Gasteiger partial charge in [0.1, 0.15) is 0 Å². The molecule has 8 heteroatoms. The van der Waals surface area contributed by atoms with Gasteiger partial charge in [-0.1, -0.05) is 36.9 Å². The maximum atomic E-state index is 9.86. The lowest BCUT2D eigenvalue weighted by molar-refractivity contribution is 0.224. The number of aromatic nitrogens is 3. The summed E-state index contributed by atoms with van der Waals surface area (Å²) < 4.78 is 6.11. The maximum absolute atomic E-state index is 9.86. The zero-order valence-corrected chi connectivity index (χ0v) is 15.4. The van der Waals surface area contributed by atoms with Crippen molar-refractivity contribution in [3.63, 3.8) is 0 Å². The quantitative estimate of drug-likeness (QED) is 0.461. The molecule has 4 rings (SSSR count). The zero-order valence-electron chi connectivity index (χ0n) is 14.6. The zero-order chi connectivity index (χ0) is 18.8. The van der Waals surface area contributed by atoms with E-state index in [-0.39, 0.29) is 11.5 Å². The summed E-state index contributed by atoms with van der Waals surface area (Å²) in [6.45, 7) is 2.09. The molecule has 2 aromatic carbocycles. The molecule has 27 heavy (non-hydrogen) atoms. The fourth-order valence-electron chi connectivity index (χ4n) is 2.76. The monoisotopic (exact) mass is 382 g/mol. The van der Waals surface area contributed by atoms with Crippen LogP contribution < -0.4 is 10.1 Å². The standard InChI is InChI=1S/C19H18N4O3S/c1-2-9-27-19-21-18-16(22-23-19)12-5-3-4-6-13(12)20-17(26-18)11-7-8-14(24)15(25)10-11/h3-8,10,17,20,24-25H,2,9H2,1H3/t17-/m1/s1. The van der Waals surface area contributed by atoms with Crippen LogP contribution in [0.4, 0.5) is 5.69 Å². The summed E-state index contributed by atoms with van der Waals surface area (Å²) >= 11 is 1.52. The van der Waals surface area contributed by atoms with Crippen molar-refractivity contribution < 1.29 is 14.9 Å². The molecule has 1 atom stereocenters. The largest absolute Gasteiger partial charge is 0.504 e. The molecular formula is C19H18N4O3S. The van der Waals surface area contributed by atoms with E-state index in [0.717, 1.165) is 23.4 Å². The third-order valence-electron chi connectivity index (χ3n) is 4.07. The van der Waals surface area contributed by atoms with Gasteiger partial charge in [-0.15, -0.1) is 10.2 Å². The summed E-state index contributed by atoms with van der Waals surface area (Å²) in [5.41, 5.74) is 2.86. The number of benzene rings is 2. The van der Waals surface area contributed by atoms with Crippen LogP contribution in [0.25, 0.3) is 11.3 Å². The van der Waals surface area contributed by atoms with Crippen molar-refractivity contribution >= 4 is 17.4 Å². The van der Waals surface area contributed by atoms with Gasteiger partial charge in [0.25, 0.3) is 0 Å². The number of hydrogen-bond acceptors (Lipinski definition) is 8. The molecule has 0 saturated carbocycles. The second-order valence-electron chi connectivity index (χ2n) is 6.03. The third-order valence-corrected chi connectivity index (χ3v) is 5.11. The molecule has 1 aliphatic heterocycles. The normalized spacial score (nSPS) is 15.1. The minimum Gasteiger partial charge on any atom is -0.504 e. The second kappa shape index (κ2) is 7.32. The average Bonchev–Trinajstić information content (AvgIpc) is 2.85. The highest BCUT2D eigenvalue weighted by atomic mass is 32.2. The van der Waals surface area contributed by atoms with Crippen LogP contribution in [0.1, 0.15) is 25.1 Å². The maximum Gasteiger partial charge on any atom is 0.247 e. The van der Waals surface area contributed by atoms with Crippen LogP contribution in [0, 0.1) is 0 Å². The Morgan fingerprint density at radius 2 is 1.96 bits per heavy atom. The smallest absolute Gasteiger partial charge is 0.247 e. The lowest BCUT2D eigenvalue weighted by Gasteiger charge is -2.19. The molecule has 0 unspecified atom stereocenters. The Hall–Kier alpha value is -3.00. The fraction of sp³-hybridized carbons (Fsp3) is 0.211. The molecule has 0 aliphatic carbocycles. The van der Waals surface area contributed by atoms with Gasteiger partial charge in [0, 0.05) is 22.6 Å². The number of hydrogen-bond donors (Lipinski definition) is 3. The SMILES string of the molecule is CCCSc1nnc2c(n1)O[C@H](c1ccc(O)c(O)c1)Nc1ccccc1-2. The summed E-state index contributed by atoms with van der Waals surface area (Å²) in [5.74, 6) is 0.870. The minimum absolute atomic E-state index is 0.185. The van der Waals surface area contributed by atoms with E-state index < -0.39 is 6.23 Å². The van der Waals surface area contributed by atoms with Crippen LogP contribution >= 0.6 is 11.8 Å². The van der Waals surface area contributed by atoms with Crippen LogP contribution in [-0.2, 0) is 0 Å². The average molecular weight is 382 g/mol. The van der Waals surface area contributed by atoms with E-state index in [9.17, 15) is 10.2 Å². The number of anilines is 1. The number of nitrogens with one attached hydrogen (secondary N) is 1. The van der Waals surface area contributed by atoms with Crippen LogP contribution in [0.15, 0.2) is 47.6 Å². The number of thioether (sulfide) groups is 1. The number of fused-ring (bicyclic) bond motifs is 3. The molecule has 7 nitrogen and oxygen atoms in total. The van der Waals surface area contributed by atoms with Crippen LogP contribution in [-0.4, -0.2) is 31.1 Å². The van der Waals surface area contributed by atoms with E-state index in [1.165, 1.54) is 23.9 Å². The van der Waals surface area contributed by atoms with Crippen molar-refractivity contribution in [1.82, 2.24) is 15.2 Å². The first kappa shape index (κ1) is 17.4. The van der Waals surface area contributed by atoms with Crippen molar-refractivity contribution in [3.8, 4) is 28.6 Å². The summed E-state index contributed by atoms with van der Waals surface area (Å²) in [7, 11) is 0. The third kappa shape index (κ3) is 3.48. The molecule has 3 aromatic rings. The molecule has 0 amide bonds. The van der Waals surface area contributed by atoms with Gasteiger partial charge >= 0.3 is 0 Å². The van der Waals surface area contributed by atoms with Crippen molar-refractivity contribution in [3.05, 3.63) is 48.0 Å². The molecule has 1 aliphatic rings. The Kier molecular flexibility index (Phi) is 4.72. The molecule has 0 fully saturated rings. The van der Waals surface area contributed by atoms with Gasteiger partial charge < -0.3 is 20.3 Å². The molecule has 0 radical (unpaired) electrons. The van der Waals surface area contributed by atoms with Crippen LogP contribution in [0.5, 0.6) is 17.4 Å². The predicted octanol–water partition coefficient (Wildman–Crippen LogP) is 3.96. The van der Waals surface area contributed by atoms with Gasteiger partial charge in [0.05, 0.1) is 0 Å². The van der Waals surface area contributed by atoms with Crippen LogP contribution in [0.2, 0.25) is 0 Å². The minimum atomic E-state index is -0.611. The van der Waals surface area contributed by atoms with Crippen molar-refractivity contribution in [2.24, 2.45) is 0 Å². The lowest BCUT2D eigenvalue weighted by atomic mass is 10.1. The molecule has 0 spiro atoms. The number of rotatable bonds is 4. The number of aromatic hydroxyl groups is 2. The highest BCUT2D eigenvalue weighted by molar-refractivity contribution is 7.99. The lowest BCUT2D eigenvalue weighted by Crippen LogP contribution is -2.17. The first-order valence-electron chi connectivity index (χ1n) is 8.57. The summed E-state index contributed by atoms with van der Waals surface area (Å²) in [6.07, 6.45) is 0.394. The molecule has 2 heterocycles. The van der Waals surface area contributed by atoms with Gasteiger partial charge in [-0.25, -0.2) is 0 Å². The number of para-hydroxylation sites is 1. The van der Waals surface area contributed by atoms with E-state index in [4.69, 9.17) is 4.74 Å². The van der Waals surface area contributed by atoms with E-state index in [0.29, 0.717) is 22.3 Å². The van der Waals surface area contributed by atoms with Gasteiger partial charge in [-0.2, -0.15) is 4.98 Å². The van der Waals surface area contributed by atoms with Crippen molar-refractivity contribution in [1.29, 1.82) is 0 Å². The van der Waals surface area contributed by atoms with E-state index in [2.05, 4.69) is 27.4 Å². The second-order valence-corrected chi connectivity index (χ2v) is 7.09. The number of ether oxygens (including phenoxy) is 1. The molecular weight excluding hydrogens is 364 g/mol. The predicted molar refractivity (Wildman–Crippen MR) is 103 cm³/mol. The fourth-order valence-corrected chi connectivity index (χ4v) is 3.39. The Bertz CT molecular complexity index is 983. The van der Waals surface area contributed by atoms with Crippen LogP contribution in [0.3, 0.4) is 0 Å². The highest BCUT2D eigenvalue weighted by Gasteiger charge is 2.26. The summed E-state index contributed by atoms with van der Waals surface area (Å²) in [4.78, 5) is 4.54. The van der Waals surface area contributed by atoms with E-state index in [1.807, 2.05) is 24.3 Å². The Labute approximate surface area is 160 Å². The summed E-state index contributed by atoms with van der Waals surface area (Å²) in [6, 6.07) is 12.2. The molecule has 0 bridgehead atoms. The topological polar surface area (TPSA) is 100 Å². The summed E-state index contributed by atoms with van der Waals surface area (Å²) in [5, 5.41) is 31.9. The Morgan fingerprint density at radius 1 is 1.11 bits per heavy atom. The highest BCUT2D eigenvalue weighted by Crippen LogP contribution is 2.40. The van der Waals surface area contributed by atoms with E-state index >= 15 is 0 Å².